The second-order valence-electron chi connectivity index (χ2n) is 5.48. The fourth-order valence-corrected chi connectivity index (χ4v) is 3.23. The molecule has 1 aliphatic heterocycles. The van der Waals surface area contributed by atoms with Crippen molar-refractivity contribution in [2.24, 2.45) is 11.3 Å². The van der Waals surface area contributed by atoms with E-state index in [0.717, 1.165) is 45.2 Å². The van der Waals surface area contributed by atoms with Gasteiger partial charge in [-0.05, 0) is 50.0 Å². The molecule has 0 radical (unpaired) electrons. The molecule has 0 amide bonds. The fourth-order valence-electron chi connectivity index (χ4n) is 3.23. The van der Waals surface area contributed by atoms with Crippen molar-refractivity contribution in [2.75, 3.05) is 26.2 Å². The third kappa shape index (κ3) is 2.55. The van der Waals surface area contributed by atoms with Crippen molar-refractivity contribution in [3.63, 3.8) is 0 Å². The average molecular weight is 227 g/mol. The molecule has 2 rings (SSSR count). The van der Waals surface area contributed by atoms with Crippen LogP contribution in [0.4, 0.5) is 0 Å². The van der Waals surface area contributed by atoms with Crippen molar-refractivity contribution in [1.82, 2.24) is 4.90 Å². The predicted molar refractivity (Wildman–Crippen MR) is 60.2 cm³/mol. The van der Waals surface area contributed by atoms with E-state index in [9.17, 15) is 4.79 Å². The first kappa shape index (κ1) is 11.9. The average Bonchev–Trinajstić information content (AvgIpc) is 2.62. The minimum absolute atomic E-state index is 0.186. The molecule has 1 heterocycles. The van der Waals surface area contributed by atoms with Crippen molar-refractivity contribution < 1.29 is 15.0 Å². The zero-order chi connectivity index (χ0) is 11.6. The highest BCUT2D eigenvalue weighted by molar-refractivity contribution is 5.69. The van der Waals surface area contributed by atoms with Gasteiger partial charge < -0.3 is 10.2 Å². The molecule has 0 atom stereocenters. The molecule has 92 valence electrons. The van der Waals surface area contributed by atoms with E-state index in [1.807, 2.05) is 0 Å². The van der Waals surface area contributed by atoms with Gasteiger partial charge in [0.1, 0.15) is 0 Å². The minimum atomic E-state index is -0.721. The third-order valence-electron chi connectivity index (χ3n) is 4.30. The van der Waals surface area contributed by atoms with Crippen molar-refractivity contribution in [2.45, 2.75) is 32.1 Å². The zero-order valence-corrected chi connectivity index (χ0v) is 9.69. The number of carboxylic acid groups (broad SMARTS) is 1. The molecule has 4 nitrogen and oxygen atoms in total. The maximum atomic E-state index is 10.7. The summed E-state index contributed by atoms with van der Waals surface area (Å²) in [4.78, 5) is 12.7. The van der Waals surface area contributed by atoms with Crippen molar-refractivity contribution >= 4 is 5.97 Å². The maximum absolute atomic E-state index is 10.7. The van der Waals surface area contributed by atoms with Crippen LogP contribution in [-0.2, 0) is 4.79 Å². The number of aliphatic hydroxyl groups excluding tert-OH is 1. The van der Waals surface area contributed by atoms with Gasteiger partial charge in [-0.25, -0.2) is 0 Å². The molecule has 1 saturated heterocycles. The smallest absolute Gasteiger partial charge is 0.317 e. The Bertz CT molecular complexity index is 259. The number of hydrogen-bond acceptors (Lipinski definition) is 3. The summed E-state index contributed by atoms with van der Waals surface area (Å²) in [5.74, 6) is -0.236. The molecule has 0 unspecified atom stereocenters. The molecule has 2 fully saturated rings. The van der Waals surface area contributed by atoms with Gasteiger partial charge in [0, 0.05) is 13.2 Å². The molecule has 0 aromatic heterocycles. The van der Waals surface area contributed by atoms with Crippen LogP contribution in [-0.4, -0.2) is 47.3 Å². The van der Waals surface area contributed by atoms with E-state index >= 15 is 0 Å². The number of likely N-dealkylation sites (tertiary alicyclic amines) is 1. The van der Waals surface area contributed by atoms with Gasteiger partial charge >= 0.3 is 5.97 Å². The number of hydrogen-bond donors (Lipinski definition) is 2. The van der Waals surface area contributed by atoms with Gasteiger partial charge in [0.15, 0.2) is 0 Å². The first-order valence-electron chi connectivity index (χ1n) is 6.19. The summed E-state index contributed by atoms with van der Waals surface area (Å²) in [6, 6.07) is 0. The number of carbonyl (C=O) groups is 1. The largest absolute Gasteiger partial charge is 0.480 e. The standard InChI is InChI=1S/C12H21NO3/c14-8-10-1-3-12(4-2-10)5-6-13(9-12)7-11(15)16/h10,14H,1-9H2,(H,15,16). The predicted octanol–water partition coefficient (Wildman–Crippen LogP) is 0.946. The van der Waals surface area contributed by atoms with Gasteiger partial charge in [-0.15, -0.1) is 0 Å². The first-order chi connectivity index (χ1) is 7.63. The zero-order valence-electron chi connectivity index (χ0n) is 9.69. The summed E-state index contributed by atoms with van der Waals surface area (Å²) >= 11 is 0. The van der Waals surface area contributed by atoms with Gasteiger partial charge in [-0.1, -0.05) is 0 Å². The molecule has 16 heavy (non-hydrogen) atoms. The van der Waals surface area contributed by atoms with Crippen LogP contribution in [0.25, 0.3) is 0 Å². The Hall–Kier alpha value is -0.610. The van der Waals surface area contributed by atoms with Gasteiger partial charge in [-0.2, -0.15) is 0 Å². The highest BCUT2D eigenvalue weighted by Gasteiger charge is 2.40. The number of nitrogens with zero attached hydrogens (tertiary/aromatic N) is 1. The lowest BCUT2D eigenvalue weighted by Crippen LogP contribution is -2.34. The van der Waals surface area contributed by atoms with Crippen LogP contribution < -0.4 is 0 Å². The molecule has 0 bridgehead atoms. The first-order valence-corrected chi connectivity index (χ1v) is 6.19. The Kier molecular flexibility index (Phi) is 3.50. The highest BCUT2D eigenvalue weighted by Crippen LogP contribution is 2.45. The van der Waals surface area contributed by atoms with Gasteiger partial charge in [0.05, 0.1) is 6.54 Å². The molecular weight excluding hydrogens is 206 g/mol. The fraction of sp³-hybridized carbons (Fsp3) is 0.917. The van der Waals surface area contributed by atoms with E-state index in [1.54, 1.807) is 0 Å². The van der Waals surface area contributed by atoms with Crippen LogP contribution in [0.5, 0.6) is 0 Å². The molecular formula is C12H21NO3. The Morgan fingerprint density at radius 1 is 1.31 bits per heavy atom. The summed E-state index contributed by atoms with van der Waals surface area (Å²) in [5.41, 5.74) is 0.362. The summed E-state index contributed by atoms with van der Waals surface area (Å²) in [7, 11) is 0. The van der Waals surface area contributed by atoms with E-state index in [-0.39, 0.29) is 6.54 Å². The van der Waals surface area contributed by atoms with E-state index in [2.05, 4.69) is 4.90 Å². The summed E-state index contributed by atoms with van der Waals surface area (Å²) < 4.78 is 0. The normalized spacial score (nSPS) is 35.7. The monoisotopic (exact) mass is 227 g/mol. The van der Waals surface area contributed by atoms with Gasteiger partial charge in [0.2, 0.25) is 0 Å². The Balaban J connectivity index is 1.85. The summed E-state index contributed by atoms with van der Waals surface area (Å²) in [6.45, 7) is 2.37. The lowest BCUT2D eigenvalue weighted by atomic mass is 9.70. The van der Waals surface area contributed by atoms with Crippen molar-refractivity contribution in [3.05, 3.63) is 0 Å². The molecule has 2 N–H and O–H groups in total. The number of carboxylic acids is 1. The molecule has 4 heteroatoms. The van der Waals surface area contributed by atoms with Crippen LogP contribution in [0, 0.1) is 11.3 Å². The molecule has 1 aliphatic carbocycles. The van der Waals surface area contributed by atoms with Gasteiger partial charge in [-0.3, -0.25) is 9.69 Å². The Morgan fingerprint density at radius 2 is 2.00 bits per heavy atom. The number of aliphatic carboxylic acids is 1. The third-order valence-corrected chi connectivity index (χ3v) is 4.30. The molecule has 0 aromatic rings. The second-order valence-corrected chi connectivity index (χ2v) is 5.48. The summed E-state index contributed by atoms with van der Waals surface area (Å²) in [6.07, 6.45) is 5.68. The van der Waals surface area contributed by atoms with E-state index in [1.165, 1.54) is 0 Å². The van der Waals surface area contributed by atoms with E-state index in [4.69, 9.17) is 10.2 Å². The van der Waals surface area contributed by atoms with Crippen LogP contribution >= 0.6 is 0 Å². The molecule has 2 aliphatic rings. The Morgan fingerprint density at radius 3 is 2.56 bits per heavy atom. The lowest BCUT2D eigenvalue weighted by Gasteiger charge is -2.36. The molecule has 0 aromatic carbocycles. The van der Waals surface area contributed by atoms with Crippen LogP contribution in [0.15, 0.2) is 0 Å². The number of aliphatic hydroxyl groups is 1. The van der Waals surface area contributed by atoms with Crippen LogP contribution in [0.3, 0.4) is 0 Å². The lowest BCUT2D eigenvalue weighted by molar-refractivity contribution is -0.138. The molecule has 1 spiro atoms. The topological polar surface area (TPSA) is 60.8 Å². The van der Waals surface area contributed by atoms with Gasteiger partial charge in [0.25, 0.3) is 0 Å². The molecule has 1 saturated carbocycles. The van der Waals surface area contributed by atoms with Crippen LogP contribution in [0.2, 0.25) is 0 Å². The van der Waals surface area contributed by atoms with Crippen molar-refractivity contribution in [3.8, 4) is 0 Å². The van der Waals surface area contributed by atoms with Crippen molar-refractivity contribution in [1.29, 1.82) is 0 Å². The quantitative estimate of drug-likeness (QED) is 0.753. The SMILES string of the molecule is O=C(O)CN1CCC2(CCC(CO)CC2)C1. The van der Waals surface area contributed by atoms with E-state index < -0.39 is 5.97 Å². The second kappa shape index (κ2) is 4.72. The van der Waals surface area contributed by atoms with Crippen LogP contribution in [0.1, 0.15) is 32.1 Å². The summed E-state index contributed by atoms with van der Waals surface area (Å²) in [5, 5.41) is 17.9. The minimum Gasteiger partial charge on any atom is -0.480 e. The number of rotatable bonds is 3. The highest BCUT2D eigenvalue weighted by atomic mass is 16.4. The maximum Gasteiger partial charge on any atom is 0.317 e. The Labute approximate surface area is 96.3 Å². The van der Waals surface area contributed by atoms with E-state index in [0.29, 0.717) is 17.9 Å².